The highest BCUT2D eigenvalue weighted by Gasteiger charge is 2.23. The molecule has 1 saturated heterocycles. The normalized spacial score (nSPS) is 14.6. The minimum atomic E-state index is 0.454. The van der Waals surface area contributed by atoms with E-state index in [9.17, 15) is 0 Å². The zero-order valence-electron chi connectivity index (χ0n) is 17.8. The number of nitrogen functional groups attached to an aromatic ring is 2. The summed E-state index contributed by atoms with van der Waals surface area (Å²) in [5.41, 5.74) is 17.8. The Morgan fingerprint density at radius 3 is 2.58 bits per heavy atom. The third kappa shape index (κ3) is 4.12. The average Bonchev–Trinajstić information content (AvgIpc) is 3.42. The Hall–Kier alpha value is -3.37. The zero-order chi connectivity index (χ0) is 22.4. The number of aryl methyl sites for hydroxylation is 1. The predicted molar refractivity (Wildman–Crippen MR) is 124 cm³/mol. The highest BCUT2D eigenvalue weighted by Crippen LogP contribution is 2.39. The van der Waals surface area contributed by atoms with Crippen LogP contribution in [-0.4, -0.2) is 48.1 Å². The molecule has 0 bridgehead atoms. The Kier molecular flexibility index (Phi) is 7.27. The van der Waals surface area contributed by atoms with E-state index in [4.69, 9.17) is 26.1 Å². The molecule has 0 aliphatic carbocycles. The molecule has 2 aliphatic heterocycles. The van der Waals surface area contributed by atoms with Crippen molar-refractivity contribution in [2.24, 2.45) is 11.6 Å². The second-order valence-corrected chi connectivity index (χ2v) is 7.06. The molecule has 1 fully saturated rings. The minimum Gasteiger partial charge on any atom is -0.491 e. The highest BCUT2D eigenvalue weighted by molar-refractivity contribution is 5.92. The number of hydrogen-bond acceptors (Lipinski definition) is 9. The number of benzene rings is 1. The van der Waals surface area contributed by atoms with Crippen LogP contribution in [0.3, 0.4) is 0 Å². The first kappa shape index (κ1) is 22.3. The number of hydrogen-bond donors (Lipinski definition) is 4. The third-order valence-electron chi connectivity index (χ3n) is 5.41. The van der Waals surface area contributed by atoms with Gasteiger partial charge in [-0.05, 0) is 38.4 Å². The minimum absolute atomic E-state index is 0.454. The van der Waals surface area contributed by atoms with Crippen molar-refractivity contribution in [2.75, 3.05) is 42.8 Å². The first-order valence-corrected chi connectivity index (χ1v) is 10.3. The number of imidazole rings is 1. The lowest BCUT2D eigenvalue weighted by molar-refractivity contribution is -0.0979. The number of anilines is 3. The van der Waals surface area contributed by atoms with Gasteiger partial charge < -0.3 is 35.9 Å². The maximum Gasteiger partial charge on any atom is 0.164 e. The number of nitrogens with one attached hydrogen (secondary N) is 1. The lowest BCUT2D eigenvalue weighted by atomic mass is 10.2. The standard InChI is InChI=1S/C19H23N7O.CH5N.CH2O/c20-16-13(4-5-22-18(16)24-21)19-23-14-10-12(25-6-1-2-7-25)11-15-17(14)26(19)8-3-9-27-15;2*1-2/h4-5,10-11H,1-3,6-9,20-21H2,(H,22,24);2H2,1H3;1H2. The van der Waals surface area contributed by atoms with Crippen molar-refractivity contribution in [3.8, 4) is 17.1 Å². The SMILES string of the molecule is C=O.CN.NNc1nccc(-c2nc3cc(N4CCCC4)cc4c3n2CCCO4)c1N. The molecule has 10 heteroatoms. The summed E-state index contributed by atoms with van der Waals surface area (Å²) in [6.07, 6.45) is 5.07. The molecule has 3 aromatic rings. The van der Waals surface area contributed by atoms with Gasteiger partial charge in [-0.25, -0.2) is 15.8 Å². The van der Waals surface area contributed by atoms with Crippen LogP contribution in [0.15, 0.2) is 24.4 Å². The number of rotatable bonds is 3. The van der Waals surface area contributed by atoms with Crippen molar-refractivity contribution >= 4 is 35.0 Å². The molecule has 0 amide bonds. The van der Waals surface area contributed by atoms with Crippen LogP contribution in [-0.2, 0) is 11.3 Å². The molecule has 4 heterocycles. The number of carbonyl (C=O) groups is 1. The Bertz CT molecular complexity index is 1030. The van der Waals surface area contributed by atoms with Gasteiger partial charge in [-0.1, -0.05) is 0 Å². The van der Waals surface area contributed by atoms with Crippen molar-refractivity contribution in [1.82, 2.24) is 14.5 Å². The smallest absolute Gasteiger partial charge is 0.164 e. The van der Waals surface area contributed by atoms with Crippen molar-refractivity contribution < 1.29 is 9.53 Å². The van der Waals surface area contributed by atoms with Crippen LogP contribution in [0.4, 0.5) is 17.2 Å². The van der Waals surface area contributed by atoms with Crippen molar-refractivity contribution in [3.63, 3.8) is 0 Å². The number of hydrazine groups is 1. The van der Waals surface area contributed by atoms with Gasteiger partial charge in [0.1, 0.15) is 23.9 Å². The number of aromatic nitrogens is 3. The van der Waals surface area contributed by atoms with Gasteiger partial charge in [-0.2, -0.15) is 0 Å². The summed E-state index contributed by atoms with van der Waals surface area (Å²) in [5.74, 6) is 7.73. The Labute approximate surface area is 181 Å². The Morgan fingerprint density at radius 1 is 1.13 bits per heavy atom. The Balaban J connectivity index is 0.000000645. The topological polar surface area (TPSA) is 150 Å². The van der Waals surface area contributed by atoms with E-state index in [1.54, 1.807) is 6.20 Å². The van der Waals surface area contributed by atoms with E-state index in [0.29, 0.717) is 18.1 Å². The van der Waals surface area contributed by atoms with E-state index in [1.165, 1.54) is 25.6 Å². The summed E-state index contributed by atoms with van der Waals surface area (Å²) >= 11 is 0. The summed E-state index contributed by atoms with van der Waals surface area (Å²) in [6, 6.07) is 6.20. The van der Waals surface area contributed by atoms with E-state index in [1.807, 2.05) is 12.9 Å². The van der Waals surface area contributed by atoms with Crippen LogP contribution in [0, 0.1) is 0 Å². The second-order valence-electron chi connectivity index (χ2n) is 7.06. The van der Waals surface area contributed by atoms with Crippen LogP contribution in [0.2, 0.25) is 0 Å². The van der Waals surface area contributed by atoms with E-state index in [-0.39, 0.29) is 0 Å². The average molecular weight is 427 g/mol. The number of ether oxygens (including phenoxy) is 1. The van der Waals surface area contributed by atoms with Gasteiger partial charge in [0.15, 0.2) is 5.82 Å². The largest absolute Gasteiger partial charge is 0.491 e. The monoisotopic (exact) mass is 426 g/mol. The van der Waals surface area contributed by atoms with Crippen LogP contribution >= 0.6 is 0 Å². The van der Waals surface area contributed by atoms with Gasteiger partial charge in [0.2, 0.25) is 0 Å². The molecule has 0 radical (unpaired) electrons. The quantitative estimate of drug-likeness (QED) is 0.362. The maximum atomic E-state index is 8.00. The summed E-state index contributed by atoms with van der Waals surface area (Å²) < 4.78 is 8.29. The number of pyridine rings is 1. The fraction of sp³-hybridized carbons (Fsp3) is 0.381. The molecular formula is C21H30N8O2. The molecule has 0 unspecified atom stereocenters. The molecule has 166 valence electrons. The molecule has 1 aromatic carbocycles. The van der Waals surface area contributed by atoms with Gasteiger partial charge in [-0.15, -0.1) is 0 Å². The van der Waals surface area contributed by atoms with E-state index in [0.717, 1.165) is 54.2 Å². The fourth-order valence-corrected chi connectivity index (χ4v) is 4.10. The molecular weight excluding hydrogens is 396 g/mol. The molecule has 0 saturated carbocycles. The number of nitrogens with two attached hydrogens (primary N) is 3. The molecule has 31 heavy (non-hydrogen) atoms. The molecule has 10 nitrogen and oxygen atoms in total. The summed E-state index contributed by atoms with van der Waals surface area (Å²) in [6.45, 7) is 5.69. The fourth-order valence-electron chi connectivity index (χ4n) is 4.10. The van der Waals surface area contributed by atoms with Crippen molar-refractivity contribution in [1.29, 1.82) is 0 Å². The maximum absolute atomic E-state index is 8.00. The third-order valence-corrected chi connectivity index (χ3v) is 5.41. The molecule has 7 N–H and O–H groups in total. The Morgan fingerprint density at radius 2 is 1.87 bits per heavy atom. The van der Waals surface area contributed by atoms with Gasteiger partial charge >= 0.3 is 0 Å². The zero-order valence-corrected chi connectivity index (χ0v) is 17.8. The second kappa shape index (κ2) is 10.1. The highest BCUT2D eigenvalue weighted by atomic mass is 16.5. The molecule has 2 aromatic heterocycles. The number of nitrogens with zero attached hydrogens (tertiary/aromatic N) is 4. The van der Waals surface area contributed by atoms with E-state index >= 15 is 0 Å². The van der Waals surface area contributed by atoms with E-state index < -0.39 is 0 Å². The summed E-state index contributed by atoms with van der Waals surface area (Å²) in [5, 5.41) is 0. The summed E-state index contributed by atoms with van der Waals surface area (Å²) in [4.78, 5) is 19.5. The van der Waals surface area contributed by atoms with Crippen LogP contribution in [0.25, 0.3) is 22.4 Å². The van der Waals surface area contributed by atoms with Crippen LogP contribution in [0.5, 0.6) is 5.75 Å². The van der Waals surface area contributed by atoms with Crippen LogP contribution in [0.1, 0.15) is 19.3 Å². The summed E-state index contributed by atoms with van der Waals surface area (Å²) in [7, 11) is 1.50. The molecule has 2 aliphatic rings. The van der Waals surface area contributed by atoms with Crippen molar-refractivity contribution in [3.05, 3.63) is 24.4 Å². The molecule has 0 atom stereocenters. The van der Waals surface area contributed by atoms with Gasteiger partial charge in [0.25, 0.3) is 0 Å². The van der Waals surface area contributed by atoms with Gasteiger partial charge in [0.05, 0.1) is 17.8 Å². The first-order chi connectivity index (χ1) is 15.3. The van der Waals surface area contributed by atoms with Crippen molar-refractivity contribution in [2.45, 2.75) is 25.8 Å². The lowest BCUT2D eigenvalue weighted by Crippen LogP contribution is -2.17. The first-order valence-electron chi connectivity index (χ1n) is 10.3. The van der Waals surface area contributed by atoms with Gasteiger partial charge in [0, 0.05) is 43.1 Å². The predicted octanol–water partition coefficient (Wildman–Crippen LogP) is 1.74. The van der Waals surface area contributed by atoms with Crippen LogP contribution < -0.4 is 32.4 Å². The lowest BCUT2D eigenvalue weighted by Gasteiger charge is -2.18. The van der Waals surface area contributed by atoms with E-state index in [2.05, 4.69) is 37.7 Å². The van der Waals surface area contributed by atoms with Gasteiger partial charge in [-0.3, -0.25) is 0 Å². The molecule has 5 rings (SSSR count). The number of carbonyl (C=O) groups excluding carboxylic acids is 1. The molecule has 0 spiro atoms.